The molecule has 130 valence electrons. The fourth-order valence-corrected chi connectivity index (χ4v) is 3.28. The first-order valence-electron chi connectivity index (χ1n) is 8.53. The minimum Gasteiger partial charge on any atom is -0.370 e. The highest BCUT2D eigenvalue weighted by molar-refractivity contribution is 5.82. The maximum Gasteiger partial charge on any atom is 0.237 e. The van der Waals surface area contributed by atoms with E-state index >= 15 is 0 Å². The summed E-state index contributed by atoms with van der Waals surface area (Å²) in [7, 11) is 1.99. The molecule has 2 rings (SSSR count). The van der Waals surface area contributed by atoms with Gasteiger partial charge in [0.25, 0.3) is 0 Å². The van der Waals surface area contributed by atoms with Crippen molar-refractivity contribution in [2.45, 2.75) is 57.0 Å². The predicted octanol–water partition coefficient (Wildman–Crippen LogP) is -0.253. The number of amides is 3. The van der Waals surface area contributed by atoms with Gasteiger partial charge in [0.2, 0.25) is 17.7 Å². The number of likely N-dealkylation sites (tertiary alicyclic amines) is 1. The smallest absolute Gasteiger partial charge is 0.237 e. The lowest BCUT2D eigenvalue weighted by Crippen LogP contribution is -2.54. The fraction of sp³-hybridized carbons (Fsp3) is 0.812. The lowest BCUT2D eigenvalue weighted by molar-refractivity contribution is -0.127. The van der Waals surface area contributed by atoms with Gasteiger partial charge in [-0.05, 0) is 51.6 Å². The first-order chi connectivity index (χ1) is 11.0. The normalized spacial score (nSPS) is 27.3. The summed E-state index contributed by atoms with van der Waals surface area (Å²) in [6, 6.07) is 0.169. The third-order valence-corrected chi connectivity index (χ3v) is 4.96. The van der Waals surface area contributed by atoms with Crippen molar-refractivity contribution in [3.63, 3.8) is 0 Å². The van der Waals surface area contributed by atoms with Crippen LogP contribution < -0.4 is 16.4 Å². The van der Waals surface area contributed by atoms with Crippen LogP contribution in [0, 0.1) is 5.92 Å². The van der Waals surface area contributed by atoms with Crippen LogP contribution >= 0.6 is 0 Å². The fourth-order valence-electron chi connectivity index (χ4n) is 3.28. The van der Waals surface area contributed by atoms with E-state index in [1.165, 1.54) is 0 Å². The van der Waals surface area contributed by atoms with Crippen LogP contribution in [0.15, 0.2) is 0 Å². The number of nitrogens with one attached hydrogen (secondary N) is 2. The highest BCUT2D eigenvalue weighted by Gasteiger charge is 2.35. The molecule has 0 radical (unpaired) electrons. The number of hydrogen-bond acceptors (Lipinski definition) is 4. The summed E-state index contributed by atoms with van der Waals surface area (Å²) < 4.78 is 0. The number of primary amides is 1. The van der Waals surface area contributed by atoms with E-state index in [0.29, 0.717) is 25.3 Å². The van der Waals surface area contributed by atoms with E-state index in [1.54, 1.807) is 0 Å². The Morgan fingerprint density at radius 3 is 2.52 bits per heavy atom. The zero-order valence-electron chi connectivity index (χ0n) is 13.8. The molecule has 1 saturated heterocycles. The van der Waals surface area contributed by atoms with E-state index in [4.69, 9.17) is 5.73 Å². The summed E-state index contributed by atoms with van der Waals surface area (Å²) in [6.07, 6.45) is 5.04. The van der Waals surface area contributed by atoms with Crippen molar-refractivity contribution < 1.29 is 14.4 Å². The number of carbonyl (C=O) groups excluding carboxylic acids is 3. The molecule has 1 heterocycles. The lowest BCUT2D eigenvalue weighted by atomic mass is 9.79. The number of nitrogens with two attached hydrogens (primary N) is 1. The van der Waals surface area contributed by atoms with Gasteiger partial charge in [0, 0.05) is 25.4 Å². The first kappa shape index (κ1) is 17.7. The van der Waals surface area contributed by atoms with E-state index in [1.807, 2.05) is 7.05 Å². The van der Waals surface area contributed by atoms with E-state index in [2.05, 4.69) is 15.5 Å². The molecule has 0 bridgehead atoms. The average Bonchev–Trinajstić information content (AvgIpc) is 2.89. The molecule has 4 N–H and O–H groups in total. The van der Waals surface area contributed by atoms with Crippen molar-refractivity contribution in [3.05, 3.63) is 0 Å². The SMILES string of the molecule is CN1CCC[C@H]1C(=O)N[C@@H]1CC[C@H]1CNC(=O)CCCC(N)=O. The van der Waals surface area contributed by atoms with Gasteiger partial charge >= 0.3 is 0 Å². The average molecular weight is 324 g/mol. The number of likely N-dealkylation sites (N-methyl/N-ethyl adjacent to an activating group) is 1. The van der Waals surface area contributed by atoms with Crippen molar-refractivity contribution in [2.75, 3.05) is 20.1 Å². The molecular weight excluding hydrogens is 296 g/mol. The number of carbonyl (C=O) groups is 3. The van der Waals surface area contributed by atoms with Crippen LogP contribution in [0.1, 0.15) is 44.9 Å². The summed E-state index contributed by atoms with van der Waals surface area (Å²) in [4.78, 5) is 36.7. The van der Waals surface area contributed by atoms with Gasteiger partial charge in [-0.25, -0.2) is 0 Å². The predicted molar refractivity (Wildman–Crippen MR) is 86.4 cm³/mol. The van der Waals surface area contributed by atoms with E-state index < -0.39 is 0 Å². The zero-order valence-corrected chi connectivity index (χ0v) is 13.8. The molecule has 7 nitrogen and oxygen atoms in total. The third kappa shape index (κ3) is 5.20. The molecule has 2 aliphatic rings. The van der Waals surface area contributed by atoms with Crippen molar-refractivity contribution in [3.8, 4) is 0 Å². The molecule has 3 atom stereocenters. The molecule has 2 fully saturated rings. The van der Waals surface area contributed by atoms with Gasteiger partial charge in [-0.15, -0.1) is 0 Å². The summed E-state index contributed by atoms with van der Waals surface area (Å²) in [5, 5.41) is 6.01. The molecule has 0 aromatic heterocycles. The van der Waals surface area contributed by atoms with Crippen LogP contribution in [0.2, 0.25) is 0 Å². The number of nitrogens with zero attached hydrogens (tertiary/aromatic N) is 1. The van der Waals surface area contributed by atoms with Gasteiger partial charge < -0.3 is 16.4 Å². The van der Waals surface area contributed by atoms with Crippen LogP contribution in [0.25, 0.3) is 0 Å². The summed E-state index contributed by atoms with van der Waals surface area (Å²) in [5.41, 5.74) is 5.04. The van der Waals surface area contributed by atoms with Crippen molar-refractivity contribution in [2.24, 2.45) is 11.7 Å². The van der Waals surface area contributed by atoms with Gasteiger partial charge in [-0.1, -0.05) is 0 Å². The van der Waals surface area contributed by atoms with E-state index in [9.17, 15) is 14.4 Å². The lowest BCUT2D eigenvalue weighted by Gasteiger charge is -2.38. The highest BCUT2D eigenvalue weighted by atomic mass is 16.2. The Hall–Kier alpha value is -1.63. The standard InChI is InChI=1S/C16H28N4O3/c1-20-9-3-4-13(20)16(23)19-12-8-7-11(12)10-18-15(22)6-2-5-14(17)21/h11-13H,2-10H2,1H3,(H2,17,21)(H,18,22)(H,19,23)/t11-,12+,13-/m0/s1. The second kappa shape index (κ2) is 8.29. The monoisotopic (exact) mass is 324 g/mol. The number of rotatable bonds is 8. The van der Waals surface area contributed by atoms with Crippen molar-refractivity contribution in [1.29, 1.82) is 0 Å². The quantitative estimate of drug-likeness (QED) is 0.572. The molecule has 7 heteroatoms. The van der Waals surface area contributed by atoms with Crippen LogP contribution in [-0.2, 0) is 14.4 Å². The molecule has 0 spiro atoms. The molecule has 1 aliphatic heterocycles. The van der Waals surface area contributed by atoms with E-state index in [-0.39, 0.29) is 36.2 Å². The Labute approximate surface area is 137 Å². The van der Waals surface area contributed by atoms with Crippen molar-refractivity contribution in [1.82, 2.24) is 15.5 Å². The topological polar surface area (TPSA) is 105 Å². The third-order valence-electron chi connectivity index (χ3n) is 4.96. The van der Waals surface area contributed by atoms with Gasteiger partial charge in [-0.3, -0.25) is 19.3 Å². The highest BCUT2D eigenvalue weighted by Crippen LogP contribution is 2.27. The molecule has 0 aromatic carbocycles. The van der Waals surface area contributed by atoms with Gasteiger partial charge in [0.05, 0.1) is 6.04 Å². The Morgan fingerprint density at radius 1 is 1.17 bits per heavy atom. The van der Waals surface area contributed by atoms with Crippen molar-refractivity contribution >= 4 is 17.7 Å². The van der Waals surface area contributed by atoms with Crippen LogP contribution in [0.3, 0.4) is 0 Å². The van der Waals surface area contributed by atoms with E-state index in [0.717, 1.165) is 32.2 Å². The minimum atomic E-state index is -0.378. The van der Waals surface area contributed by atoms with Crippen LogP contribution in [0.5, 0.6) is 0 Å². The Balaban J connectivity index is 1.64. The van der Waals surface area contributed by atoms with Gasteiger partial charge in [-0.2, -0.15) is 0 Å². The Bertz CT molecular complexity index is 455. The maximum atomic E-state index is 12.3. The molecular formula is C16H28N4O3. The molecule has 0 aromatic rings. The zero-order chi connectivity index (χ0) is 16.8. The summed E-state index contributed by atoms with van der Waals surface area (Å²) >= 11 is 0. The Morgan fingerprint density at radius 2 is 1.96 bits per heavy atom. The van der Waals surface area contributed by atoms with Crippen LogP contribution in [-0.4, -0.2) is 54.8 Å². The largest absolute Gasteiger partial charge is 0.370 e. The molecule has 1 aliphatic carbocycles. The van der Waals surface area contributed by atoms with Gasteiger partial charge in [0.15, 0.2) is 0 Å². The summed E-state index contributed by atoms with van der Waals surface area (Å²) in [5.74, 6) is -0.00608. The first-order valence-corrected chi connectivity index (χ1v) is 8.53. The van der Waals surface area contributed by atoms with Gasteiger partial charge in [0.1, 0.15) is 0 Å². The second-order valence-corrected chi connectivity index (χ2v) is 6.72. The second-order valence-electron chi connectivity index (χ2n) is 6.72. The maximum absolute atomic E-state index is 12.3. The molecule has 3 amide bonds. The molecule has 23 heavy (non-hydrogen) atoms. The van der Waals surface area contributed by atoms with Crippen LogP contribution in [0.4, 0.5) is 0 Å². The summed E-state index contributed by atoms with van der Waals surface area (Å²) in [6.45, 7) is 1.56. The molecule has 0 unspecified atom stereocenters. The molecule has 1 saturated carbocycles. The Kier molecular flexibility index (Phi) is 6.38. The minimum absolute atomic E-state index is 0.000333. The number of hydrogen-bond donors (Lipinski definition) is 3.